The molecule has 0 aliphatic heterocycles. The van der Waals surface area contributed by atoms with Crippen molar-refractivity contribution in [3.8, 4) is 0 Å². The highest BCUT2D eigenvalue weighted by Gasteiger charge is 2.32. The van der Waals surface area contributed by atoms with Gasteiger partial charge in [0.15, 0.2) is 5.78 Å². The van der Waals surface area contributed by atoms with Gasteiger partial charge in [-0.05, 0) is 30.2 Å². The summed E-state index contributed by atoms with van der Waals surface area (Å²) < 4.78 is 12.9. The van der Waals surface area contributed by atoms with Crippen LogP contribution < -0.4 is 5.73 Å². The zero-order valence-electron chi connectivity index (χ0n) is 10.8. The van der Waals surface area contributed by atoms with Crippen LogP contribution in [0.5, 0.6) is 0 Å². The SMILES string of the molecule is CC(=O)[C@](N)(Cc1ccc(F)cc1)c1ccccc1. The van der Waals surface area contributed by atoms with Gasteiger partial charge < -0.3 is 5.73 Å². The van der Waals surface area contributed by atoms with Crippen molar-refractivity contribution in [2.45, 2.75) is 18.9 Å². The van der Waals surface area contributed by atoms with Gasteiger partial charge in [0.1, 0.15) is 11.4 Å². The fourth-order valence-corrected chi connectivity index (χ4v) is 2.09. The van der Waals surface area contributed by atoms with Crippen molar-refractivity contribution >= 4 is 5.78 Å². The Balaban J connectivity index is 2.36. The average molecular weight is 257 g/mol. The monoisotopic (exact) mass is 257 g/mol. The van der Waals surface area contributed by atoms with Crippen LogP contribution in [-0.4, -0.2) is 5.78 Å². The Morgan fingerprint density at radius 2 is 1.68 bits per heavy atom. The Morgan fingerprint density at radius 1 is 1.11 bits per heavy atom. The van der Waals surface area contributed by atoms with Gasteiger partial charge in [-0.15, -0.1) is 0 Å². The molecule has 0 bridgehead atoms. The quantitative estimate of drug-likeness (QED) is 0.915. The van der Waals surface area contributed by atoms with Crippen LogP contribution in [0, 0.1) is 5.82 Å². The highest BCUT2D eigenvalue weighted by atomic mass is 19.1. The third-order valence-corrected chi connectivity index (χ3v) is 3.31. The standard InChI is InChI=1S/C16H16FNO/c1-12(19)16(18,14-5-3-2-4-6-14)11-13-7-9-15(17)10-8-13/h2-10H,11,18H2,1H3/t16-/m1/s1. The predicted molar refractivity (Wildman–Crippen MR) is 73.1 cm³/mol. The molecule has 0 spiro atoms. The van der Waals surface area contributed by atoms with Gasteiger partial charge in [0, 0.05) is 6.42 Å². The van der Waals surface area contributed by atoms with Gasteiger partial charge in [-0.25, -0.2) is 4.39 Å². The molecule has 0 aromatic heterocycles. The van der Waals surface area contributed by atoms with Crippen molar-refractivity contribution < 1.29 is 9.18 Å². The van der Waals surface area contributed by atoms with Gasteiger partial charge in [0.2, 0.25) is 0 Å². The normalized spacial score (nSPS) is 13.8. The molecule has 0 saturated heterocycles. The fraction of sp³-hybridized carbons (Fsp3) is 0.188. The van der Waals surface area contributed by atoms with E-state index < -0.39 is 5.54 Å². The number of hydrogen-bond acceptors (Lipinski definition) is 2. The van der Waals surface area contributed by atoms with E-state index in [2.05, 4.69) is 0 Å². The second-order valence-electron chi connectivity index (χ2n) is 4.70. The van der Waals surface area contributed by atoms with Crippen molar-refractivity contribution in [2.24, 2.45) is 5.73 Å². The Kier molecular flexibility index (Phi) is 3.76. The van der Waals surface area contributed by atoms with Crippen molar-refractivity contribution in [1.29, 1.82) is 0 Å². The highest BCUT2D eigenvalue weighted by Crippen LogP contribution is 2.24. The number of carbonyl (C=O) groups excluding carboxylic acids is 1. The molecule has 0 aliphatic carbocycles. The smallest absolute Gasteiger partial charge is 0.154 e. The Hall–Kier alpha value is -2.00. The number of ketones is 1. The van der Waals surface area contributed by atoms with E-state index in [1.54, 1.807) is 12.1 Å². The van der Waals surface area contributed by atoms with E-state index >= 15 is 0 Å². The van der Waals surface area contributed by atoms with Crippen LogP contribution in [0.3, 0.4) is 0 Å². The maximum atomic E-state index is 12.9. The molecule has 0 saturated carbocycles. The van der Waals surface area contributed by atoms with E-state index in [1.165, 1.54) is 19.1 Å². The van der Waals surface area contributed by atoms with Crippen LogP contribution in [0.1, 0.15) is 18.1 Å². The first-order valence-electron chi connectivity index (χ1n) is 6.12. The van der Waals surface area contributed by atoms with Crippen molar-refractivity contribution in [3.63, 3.8) is 0 Å². The summed E-state index contributed by atoms with van der Waals surface area (Å²) in [6.07, 6.45) is 0.354. The van der Waals surface area contributed by atoms with Gasteiger partial charge in [0.25, 0.3) is 0 Å². The Labute approximate surface area is 112 Å². The minimum atomic E-state index is -1.07. The van der Waals surface area contributed by atoms with Crippen LogP contribution in [0.4, 0.5) is 4.39 Å². The van der Waals surface area contributed by atoms with Crippen LogP contribution >= 0.6 is 0 Å². The minimum absolute atomic E-state index is 0.108. The number of halogens is 1. The number of carbonyl (C=O) groups is 1. The number of Topliss-reactive ketones (excluding diaryl/α,β-unsaturated/α-hetero) is 1. The first kappa shape index (κ1) is 13.4. The molecule has 1 atom stereocenters. The molecule has 2 aromatic carbocycles. The summed E-state index contributed by atoms with van der Waals surface area (Å²) in [6.45, 7) is 1.48. The van der Waals surface area contributed by atoms with Crippen LogP contribution in [-0.2, 0) is 16.8 Å². The molecule has 2 nitrogen and oxygen atoms in total. The van der Waals surface area contributed by atoms with Gasteiger partial charge in [-0.2, -0.15) is 0 Å². The fourth-order valence-electron chi connectivity index (χ4n) is 2.09. The number of rotatable bonds is 4. The van der Waals surface area contributed by atoms with Gasteiger partial charge in [-0.1, -0.05) is 42.5 Å². The summed E-state index contributed by atoms with van der Waals surface area (Å²) in [4.78, 5) is 11.9. The number of benzene rings is 2. The first-order chi connectivity index (χ1) is 9.02. The molecule has 0 fully saturated rings. The molecule has 2 N–H and O–H groups in total. The van der Waals surface area contributed by atoms with E-state index in [0.717, 1.165) is 11.1 Å². The van der Waals surface area contributed by atoms with Gasteiger partial charge in [-0.3, -0.25) is 4.79 Å². The molecule has 19 heavy (non-hydrogen) atoms. The third-order valence-electron chi connectivity index (χ3n) is 3.31. The molecular weight excluding hydrogens is 241 g/mol. The number of nitrogens with two attached hydrogens (primary N) is 1. The largest absolute Gasteiger partial charge is 0.315 e. The molecule has 0 heterocycles. The summed E-state index contributed by atoms with van der Waals surface area (Å²) in [5.41, 5.74) is 6.82. The Bertz CT molecular complexity index is 565. The van der Waals surface area contributed by atoms with Gasteiger partial charge in [0.05, 0.1) is 0 Å². The van der Waals surface area contributed by atoms with E-state index in [4.69, 9.17) is 5.73 Å². The molecule has 3 heteroatoms. The summed E-state index contributed by atoms with van der Waals surface area (Å²) in [5.74, 6) is -0.406. The van der Waals surface area contributed by atoms with Crippen molar-refractivity contribution in [3.05, 3.63) is 71.5 Å². The molecule has 0 amide bonds. The summed E-state index contributed by atoms with van der Waals surface area (Å²) in [5, 5.41) is 0. The topological polar surface area (TPSA) is 43.1 Å². The predicted octanol–water partition coefficient (Wildman–Crippen LogP) is 2.81. The highest BCUT2D eigenvalue weighted by molar-refractivity contribution is 5.87. The molecule has 2 rings (SSSR count). The maximum Gasteiger partial charge on any atom is 0.154 e. The number of hydrogen-bond donors (Lipinski definition) is 1. The lowest BCUT2D eigenvalue weighted by atomic mass is 9.82. The van der Waals surface area contributed by atoms with Crippen molar-refractivity contribution in [1.82, 2.24) is 0 Å². The first-order valence-corrected chi connectivity index (χ1v) is 6.12. The lowest BCUT2D eigenvalue weighted by Crippen LogP contribution is -2.45. The van der Waals surface area contributed by atoms with E-state index in [1.807, 2.05) is 30.3 Å². The summed E-state index contributed by atoms with van der Waals surface area (Å²) in [6, 6.07) is 15.3. The summed E-state index contributed by atoms with van der Waals surface area (Å²) in [7, 11) is 0. The Morgan fingerprint density at radius 3 is 2.21 bits per heavy atom. The van der Waals surface area contributed by atoms with E-state index in [0.29, 0.717) is 6.42 Å². The summed E-state index contributed by atoms with van der Waals surface area (Å²) >= 11 is 0. The molecule has 2 aromatic rings. The van der Waals surface area contributed by atoms with Crippen LogP contribution in [0.15, 0.2) is 54.6 Å². The average Bonchev–Trinajstić information content (AvgIpc) is 2.42. The van der Waals surface area contributed by atoms with E-state index in [9.17, 15) is 9.18 Å². The minimum Gasteiger partial charge on any atom is -0.315 e. The van der Waals surface area contributed by atoms with Crippen molar-refractivity contribution in [2.75, 3.05) is 0 Å². The maximum absolute atomic E-state index is 12.9. The molecular formula is C16H16FNO. The van der Waals surface area contributed by atoms with E-state index in [-0.39, 0.29) is 11.6 Å². The van der Waals surface area contributed by atoms with Crippen LogP contribution in [0.25, 0.3) is 0 Å². The molecule has 98 valence electrons. The molecule has 0 aliphatic rings. The second-order valence-corrected chi connectivity index (χ2v) is 4.70. The van der Waals surface area contributed by atoms with Crippen LogP contribution in [0.2, 0.25) is 0 Å². The lowest BCUT2D eigenvalue weighted by molar-refractivity contribution is -0.122. The van der Waals surface area contributed by atoms with Gasteiger partial charge >= 0.3 is 0 Å². The zero-order valence-corrected chi connectivity index (χ0v) is 10.8. The third kappa shape index (κ3) is 2.88. The zero-order chi connectivity index (χ0) is 13.9. The molecule has 0 unspecified atom stereocenters. The molecule has 0 radical (unpaired) electrons. The second kappa shape index (κ2) is 5.33. The lowest BCUT2D eigenvalue weighted by Gasteiger charge is -2.27.